The predicted octanol–water partition coefficient (Wildman–Crippen LogP) is 1.41. The molecule has 0 radical (unpaired) electrons. The fraction of sp³-hybridized carbons (Fsp3) is 0.455. The second-order valence-corrected chi connectivity index (χ2v) is 4.88. The average molecular weight is 250 g/mol. The fourth-order valence-electron chi connectivity index (χ4n) is 1.57. The molecule has 0 aliphatic heterocycles. The molecular weight excluding hydrogens is 236 g/mol. The number of hydrogen-bond donors (Lipinski definition) is 0. The van der Waals surface area contributed by atoms with Crippen LogP contribution in [0.25, 0.3) is 0 Å². The Morgan fingerprint density at radius 1 is 1.53 bits per heavy atom. The molecule has 0 fully saturated rings. The Kier molecular flexibility index (Phi) is 3.98. The largest absolute Gasteiger partial charge is 0.299 e. The van der Waals surface area contributed by atoms with Gasteiger partial charge in [-0.15, -0.1) is 21.5 Å². The van der Waals surface area contributed by atoms with Gasteiger partial charge in [-0.3, -0.25) is 4.79 Å². The summed E-state index contributed by atoms with van der Waals surface area (Å²) in [5.74, 6) is 0.683. The van der Waals surface area contributed by atoms with Crippen LogP contribution >= 0.6 is 11.3 Å². The number of carbonyl (C=O) groups is 1. The van der Waals surface area contributed by atoms with Crippen molar-refractivity contribution in [3.63, 3.8) is 0 Å². The standard InChI is InChI=1S/C11H14N4OS/c1-15-13-11(12-14-15)8-9(16)4-2-5-10-6-3-7-17-10/h3,6-7H,2,4-5,8H2,1H3. The van der Waals surface area contributed by atoms with Crippen molar-refractivity contribution < 1.29 is 4.79 Å². The van der Waals surface area contributed by atoms with Gasteiger partial charge in [0, 0.05) is 11.3 Å². The summed E-state index contributed by atoms with van der Waals surface area (Å²) in [6.45, 7) is 0. The van der Waals surface area contributed by atoms with Crippen molar-refractivity contribution in [3.8, 4) is 0 Å². The molecular formula is C11H14N4OS. The highest BCUT2D eigenvalue weighted by Gasteiger charge is 2.08. The normalized spacial score (nSPS) is 10.6. The molecule has 0 spiro atoms. The summed E-state index contributed by atoms with van der Waals surface area (Å²) in [6.07, 6.45) is 2.73. The molecule has 0 bridgehead atoms. The van der Waals surface area contributed by atoms with Gasteiger partial charge in [0.2, 0.25) is 0 Å². The van der Waals surface area contributed by atoms with Crippen molar-refractivity contribution >= 4 is 17.1 Å². The molecule has 5 nitrogen and oxygen atoms in total. The molecule has 2 aromatic rings. The Labute approximate surface area is 103 Å². The van der Waals surface area contributed by atoms with Crippen LogP contribution in [-0.2, 0) is 24.7 Å². The molecule has 0 saturated heterocycles. The topological polar surface area (TPSA) is 60.7 Å². The number of tetrazole rings is 1. The van der Waals surface area contributed by atoms with Gasteiger partial charge in [-0.1, -0.05) is 6.07 Å². The Balaban J connectivity index is 1.71. The van der Waals surface area contributed by atoms with Crippen LogP contribution in [0, 0.1) is 0 Å². The maximum Gasteiger partial charge on any atom is 0.182 e. The molecule has 0 aliphatic carbocycles. The number of hydrogen-bond acceptors (Lipinski definition) is 5. The molecule has 0 aliphatic rings. The lowest BCUT2D eigenvalue weighted by atomic mass is 10.1. The first-order valence-electron chi connectivity index (χ1n) is 5.51. The average Bonchev–Trinajstić information content (AvgIpc) is 2.90. The van der Waals surface area contributed by atoms with Crippen LogP contribution in [0.15, 0.2) is 17.5 Å². The summed E-state index contributed by atoms with van der Waals surface area (Å²) in [5, 5.41) is 13.5. The first-order chi connectivity index (χ1) is 8.24. The van der Waals surface area contributed by atoms with Crippen LogP contribution in [0.3, 0.4) is 0 Å². The molecule has 0 saturated carbocycles. The zero-order valence-corrected chi connectivity index (χ0v) is 10.5. The highest BCUT2D eigenvalue weighted by atomic mass is 32.1. The van der Waals surface area contributed by atoms with Gasteiger partial charge in [-0.25, -0.2) is 0 Å². The summed E-state index contributed by atoms with van der Waals surface area (Å²) < 4.78 is 0. The van der Waals surface area contributed by atoms with E-state index in [2.05, 4.69) is 26.9 Å². The van der Waals surface area contributed by atoms with Crippen molar-refractivity contribution in [2.45, 2.75) is 25.7 Å². The Hall–Kier alpha value is -1.56. The quantitative estimate of drug-likeness (QED) is 0.777. The molecule has 0 N–H and O–H groups in total. The first kappa shape index (κ1) is 11.9. The van der Waals surface area contributed by atoms with E-state index in [0.29, 0.717) is 12.2 Å². The third-order valence-corrected chi connectivity index (χ3v) is 3.30. The second kappa shape index (κ2) is 5.67. The number of ketones is 1. The predicted molar refractivity (Wildman–Crippen MR) is 64.8 cm³/mol. The van der Waals surface area contributed by atoms with E-state index in [4.69, 9.17) is 0 Å². The zero-order chi connectivity index (χ0) is 12.1. The Morgan fingerprint density at radius 3 is 3.06 bits per heavy atom. The summed E-state index contributed by atoms with van der Waals surface area (Å²) in [7, 11) is 1.69. The minimum atomic E-state index is 0.176. The molecule has 2 aromatic heterocycles. The third-order valence-electron chi connectivity index (χ3n) is 2.36. The number of rotatable bonds is 6. The van der Waals surface area contributed by atoms with Crippen molar-refractivity contribution in [3.05, 3.63) is 28.2 Å². The number of thiophene rings is 1. The van der Waals surface area contributed by atoms with E-state index >= 15 is 0 Å². The minimum absolute atomic E-state index is 0.176. The highest BCUT2D eigenvalue weighted by Crippen LogP contribution is 2.12. The van der Waals surface area contributed by atoms with E-state index < -0.39 is 0 Å². The van der Waals surface area contributed by atoms with Crippen LogP contribution in [0.5, 0.6) is 0 Å². The van der Waals surface area contributed by atoms with Crippen molar-refractivity contribution in [2.24, 2.45) is 7.05 Å². The minimum Gasteiger partial charge on any atom is -0.299 e. The van der Waals surface area contributed by atoms with Gasteiger partial charge >= 0.3 is 0 Å². The lowest BCUT2D eigenvalue weighted by molar-refractivity contribution is -0.118. The number of aromatic nitrogens is 4. The lowest BCUT2D eigenvalue weighted by Gasteiger charge is -1.97. The SMILES string of the molecule is Cn1nnc(CC(=O)CCCc2cccs2)n1. The summed E-state index contributed by atoms with van der Waals surface area (Å²) in [6, 6.07) is 4.13. The molecule has 0 atom stereocenters. The highest BCUT2D eigenvalue weighted by molar-refractivity contribution is 7.09. The maximum absolute atomic E-state index is 11.6. The van der Waals surface area contributed by atoms with Crippen LogP contribution in [0.4, 0.5) is 0 Å². The van der Waals surface area contributed by atoms with E-state index in [-0.39, 0.29) is 12.2 Å². The maximum atomic E-state index is 11.6. The molecule has 90 valence electrons. The number of Topliss-reactive ketones (excluding diaryl/α,β-unsaturated/α-hetero) is 1. The molecule has 2 heterocycles. The zero-order valence-electron chi connectivity index (χ0n) is 9.67. The number of carbonyl (C=O) groups excluding carboxylic acids is 1. The second-order valence-electron chi connectivity index (χ2n) is 3.84. The van der Waals surface area contributed by atoms with Crippen LogP contribution in [0.1, 0.15) is 23.5 Å². The van der Waals surface area contributed by atoms with Crippen LogP contribution in [-0.4, -0.2) is 26.0 Å². The molecule has 6 heteroatoms. The molecule has 0 aromatic carbocycles. The lowest BCUT2D eigenvalue weighted by Crippen LogP contribution is -2.05. The first-order valence-corrected chi connectivity index (χ1v) is 6.39. The molecule has 0 unspecified atom stereocenters. The van der Waals surface area contributed by atoms with E-state index in [9.17, 15) is 4.79 Å². The molecule has 2 rings (SSSR count). The monoisotopic (exact) mass is 250 g/mol. The fourth-order valence-corrected chi connectivity index (χ4v) is 2.32. The van der Waals surface area contributed by atoms with Crippen LogP contribution in [0.2, 0.25) is 0 Å². The van der Waals surface area contributed by atoms with E-state index in [1.54, 1.807) is 18.4 Å². The molecule has 17 heavy (non-hydrogen) atoms. The number of nitrogens with zero attached hydrogens (tertiary/aromatic N) is 4. The Morgan fingerprint density at radius 2 is 2.41 bits per heavy atom. The smallest absolute Gasteiger partial charge is 0.182 e. The molecule has 0 amide bonds. The van der Waals surface area contributed by atoms with Crippen molar-refractivity contribution in [1.82, 2.24) is 20.2 Å². The van der Waals surface area contributed by atoms with Gasteiger partial charge in [0.05, 0.1) is 13.5 Å². The van der Waals surface area contributed by atoms with Crippen molar-refractivity contribution in [2.75, 3.05) is 0 Å². The van der Waals surface area contributed by atoms with Gasteiger partial charge in [-0.05, 0) is 29.5 Å². The third kappa shape index (κ3) is 3.74. The van der Waals surface area contributed by atoms with E-state index in [1.807, 2.05) is 6.07 Å². The van der Waals surface area contributed by atoms with Crippen LogP contribution < -0.4 is 0 Å². The van der Waals surface area contributed by atoms with Gasteiger partial charge < -0.3 is 0 Å². The van der Waals surface area contributed by atoms with Crippen molar-refractivity contribution in [1.29, 1.82) is 0 Å². The van der Waals surface area contributed by atoms with E-state index in [1.165, 1.54) is 9.67 Å². The van der Waals surface area contributed by atoms with Gasteiger partial charge in [-0.2, -0.15) is 4.80 Å². The number of aryl methyl sites for hydroxylation is 2. The van der Waals surface area contributed by atoms with Gasteiger partial charge in [0.25, 0.3) is 0 Å². The van der Waals surface area contributed by atoms with E-state index in [0.717, 1.165) is 12.8 Å². The summed E-state index contributed by atoms with van der Waals surface area (Å²) >= 11 is 1.73. The summed E-state index contributed by atoms with van der Waals surface area (Å²) in [5.41, 5.74) is 0. The summed E-state index contributed by atoms with van der Waals surface area (Å²) in [4.78, 5) is 14.3. The Bertz CT molecular complexity index is 477. The van der Waals surface area contributed by atoms with Gasteiger partial charge in [0.1, 0.15) is 5.78 Å². The van der Waals surface area contributed by atoms with Gasteiger partial charge in [0.15, 0.2) is 5.82 Å².